The summed E-state index contributed by atoms with van der Waals surface area (Å²) in [6.45, 7) is 1.88. The van der Waals surface area contributed by atoms with Gasteiger partial charge in [0.05, 0.1) is 10.7 Å². The molecule has 0 spiro atoms. The summed E-state index contributed by atoms with van der Waals surface area (Å²) in [6, 6.07) is 12.1. The van der Waals surface area contributed by atoms with Crippen LogP contribution in [0.15, 0.2) is 48.5 Å². The Bertz CT molecular complexity index is 912. The van der Waals surface area contributed by atoms with Crippen LogP contribution in [0.4, 0.5) is 11.4 Å². The van der Waals surface area contributed by atoms with E-state index in [0.717, 1.165) is 0 Å². The van der Waals surface area contributed by atoms with Crippen LogP contribution in [0.2, 0.25) is 0 Å². The Balaban J connectivity index is 2.05. The number of nitrogens with zero attached hydrogens (tertiary/aromatic N) is 1. The highest BCUT2D eigenvalue weighted by Gasteiger charge is 2.12. The van der Waals surface area contributed by atoms with Gasteiger partial charge >= 0.3 is 0 Å². The van der Waals surface area contributed by atoms with E-state index in [1.807, 2.05) is 0 Å². The van der Waals surface area contributed by atoms with E-state index in [-0.39, 0.29) is 23.5 Å². The summed E-state index contributed by atoms with van der Waals surface area (Å²) in [6.07, 6.45) is 0.485. The van der Waals surface area contributed by atoms with Crippen molar-refractivity contribution in [2.45, 2.75) is 19.9 Å². The molecule has 26 heavy (non-hydrogen) atoms. The molecule has 0 aliphatic carbocycles. The van der Waals surface area contributed by atoms with Gasteiger partial charge in [0.2, 0.25) is 10.0 Å². The van der Waals surface area contributed by atoms with Gasteiger partial charge in [-0.1, -0.05) is 25.1 Å². The van der Waals surface area contributed by atoms with E-state index < -0.39 is 20.9 Å². The summed E-state index contributed by atoms with van der Waals surface area (Å²) in [7, 11) is -3.44. The van der Waals surface area contributed by atoms with Crippen molar-refractivity contribution >= 4 is 27.3 Å². The zero-order valence-electron chi connectivity index (χ0n) is 14.1. The van der Waals surface area contributed by atoms with Crippen molar-refractivity contribution < 1.29 is 18.1 Å². The normalized spacial score (nSPS) is 11.0. The number of benzene rings is 2. The molecule has 0 heterocycles. The van der Waals surface area contributed by atoms with Crippen molar-refractivity contribution in [2.75, 3.05) is 10.5 Å². The number of nitro benzene ring substituents is 1. The van der Waals surface area contributed by atoms with Gasteiger partial charge in [-0.25, -0.2) is 8.42 Å². The summed E-state index contributed by atoms with van der Waals surface area (Å²) in [5.41, 5.74) is 1.13. The summed E-state index contributed by atoms with van der Waals surface area (Å²) in [5, 5.41) is 13.4. The zero-order chi connectivity index (χ0) is 19.2. The molecule has 0 fully saturated rings. The number of rotatable bonds is 8. The van der Waals surface area contributed by atoms with Gasteiger partial charge < -0.3 is 5.32 Å². The van der Waals surface area contributed by atoms with Crippen LogP contribution in [0, 0.1) is 10.1 Å². The molecule has 0 unspecified atom stereocenters. The number of sulfonamides is 1. The van der Waals surface area contributed by atoms with Gasteiger partial charge in [-0.15, -0.1) is 0 Å². The Morgan fingerprint density at radius 2 is 1.88 bits per heavy atom. The van der Waals surface area contributed by atoms with E-state index in [1.165, 1.54) is 18.2 Å². The lowest BCUT2D eigenvalue weighted by Crippen LogP contribution is -2.23. The van der Waals surface area contributed by atoms with Crippen LogP contribution in [0.1, 0.15) is 29.3 Å². The number of non-ortho nitro benzene ring substituents is 1. The van der Waals surface area contributed by atoms with Crippen LogP contribution in [0.5, 0.6) is 0 Å². The third kappa shape index (κ3) is 5.55. The molecule has 0 aliphatic rings. The number of amides is 1. The quantitative estimate of drug-likeness (QED) is 0.541. The Morgan fingerprint density at radius 1 is 1.15 bits per heavy atom. The molecule has 2 rings (SSSR count). The van der Waals surface area contributed by atoms with Gasteiger partial charge in [0.15, 0.2) is 0 Å². The van der Waals surface area contributed by atoms with Crippen molar-refractivity contribution in [3.8, 4) is 0 Å². The van der Waals surface area contributed by atoms with E-state index in [9.17, 15) is 23.3 Å². The number of anilines is 1. The Hall–Kier alpha value is -2.94. The van der Waals surface area contributed by atoms with Gasteiger partial charge in [0.25, 0.3) is 11.6 Å². The van der Waals surface area contributed by atoms with Gasteiger partial charge in [-0.2, -0.15) is 0 Å². The lowest BCUT2D eigenvalue weighted by atomic mass is 10.1. The molecule has 0 saturated carbocycles. The average Bonchev–Trinajstić information content (AvgIpc) is 2.59. The van der Waals surface area contributed by atoms with Crippen LogP contribution in [0.3, 0.4) is 0 Å². The van der Waals surface area contributed by atoms with Crippen molar-refractivity contribution in [2.24, 2.45) is 0 Å². The zero-order valence-corrected chi connectivity index (χ0v) is 15.0. The van der Waals surface area contributed by atoms with E-state index in [1.54, 1.807) is 37.3 Å². The molecule has 2 aromatic carbocycles. The van der Waals surface area contributed by atoms with Gasteiger partial charge in [-0.05, 0) is 30.2 Å². The average molecular weight is 377 g/mol. The smallest absolute Gasteiger partial charge is 0.269 e. The monoisotopic (exact) mass is 377 g/mol. The fraction of sp³-hybridized carbons (Fsp3) is 0.235. The van der Waals surface area contributed by atoms with Crippen LogP contribution in [-0.4, -0.2) is 25.0 Å². The second-order valence-electron chi connectivity index (χ2n) is 5.61. The minimum Gasteiger partial charge on any atom is -0.348 e. The van der Waals surface area contributed by atoms with Gasteiger partial charge in [0, 0.05) is 29.9 Å². The Labute approximate surface area is 151 Å². The molecule has 0 saturated heterocycles. The molecular formula is C17H19N3O5S. The highest BCUT2D eigenvalue weighted by molar-refractivity contribution is 7.92. The largest absolute Gasteiger partial charge is 0.348 e. The van der Waals surface area contributed by atoms with Crippen molar-refractivity contribution in [3.05, 3.63) is 69.8 Å². The fourth-order valence-electron chi connectivity index (χ4n) is 2.29. The van der Waals surface area contributed by atoms with E-state index in [4.69, 9.17) is 0 Å². The Morgan fingerprint density at radius 3 is 2.58 bits per heavy atom. The number of nitro groups is 1. The first kappa shape index (κ1) is 19.4. The highest BCUT2D eigenvalue weighted by Crippen LogP contribution is 2.15. The van der Waals surface area contributed by atoms with Crippen LogP contribution >= 0.6 is 0 Å². The number of hydrogen-bond donors (Lipinski definition) is 2. The summed E-state index contributed by atoms with van der Waals surface area (Å²) < 4.78 is 26.0. The molecule has 0 radical (unpaired) electrons. The minimum atomic E-state index is -3.44. The lowest BCUT2D eigenvalue weighted by molar-refractivity contribution is -0.384. The number of carbonyl (C=O) groups excluding carboxylic acids is 1. The van der Waals surface area contributed by atoms with E-state index in [2.05, 4.69) is 10.0 Å². The predicted octanol–water partition coefficient (Wildman–Crippen LogP) is 2.68. The second-order valence-corrected chi connectivity index (χ2v) is 7.45. The number of nitrogens with one attached hydrogen (secondary N) is 2. The van der Waals surface area contributed by atoms with Crippen LogP contribution in [0.25, 0.3) is 0 Å². The van der Waals surface area contributed by atoms with Gasteiger partial charge in [0.1, 0.15) is 0 Å². The molecule has 0 atom stereocenters. The molecule has 2 N–H and O–H groups in total. The molecule has 138 valence electrons. The third-order valence-electron chi connectivity index (χ3n) is 3.45. The SMILES string of the molecule is CCCS(=O)(=O)Nc1cccc(C(=O)NCc2cccc([N+](=O)[O-])c2)c1. The van der Waals surface area contributed by atoms with E-state index in [0.29, 0.717) is 17.7 Å². The van der Waals surface area contributed by atoms with Crippen molar-refractivity contribution in [1.29, 1.82) is 0 Å². The molecule has 9 heteroatoms. The maximum atomic E-state index is 12.3. The molecule has 1 amide bonds. The maximum absolute atomic E-state index is 12.3. The summed E-state index contributed by atoms with van der Waals surface area (Å²) in [5.74, 6) is -0.413. The third-order valence-corrected chi connectivity index (χ3v) is 4.94. The predicted molar refractivity (Wildman–Crippen MR) is 98.4 cm³/mol. The molecule has 0 aromatic heterocycles. The molecule has 2 aromatic rings. The topological polar surface area (TPSA) is 118 Å². The second kappa shape index (κ2) is 8.43. The minimum absolute atomic E-state index is 0.00376. The first-order valence-corrected chi connectivity index (χ1v) is 9.58. The van der Waals surface area contributed by atoms with Crippen LogP contribution in [-0.2, 0) is 16.6 Å². The van der Waals surface area contributed by atoms with Crippen LogP contribution < -0.4 is 10.0 Å². The number of hydrogen-bond acceptors (Lipinski definition) is 5. The van der Waals surface area contributed by atoms with E-state index >= 15 is 0 Å². The molecule has 0 bridgehead atoms. The number of carbonyl (C=O) groups is 1. The van der Waals surface area contributed by atoms with Crippen molar-refractivity contribution in [3.63, 3.8) is 0 Å². The summed E-state index contributed by atoms with van der Waals surface area (Å²) in [4.78, 5) is 22.5. The first-order valence-electron chi connectivity index (χ1n) is 7.93. The highest BCUT2D eigenvalue weighted by atomic mass is 32.2. The molecular weight excluding hydrogens is 358 g/mol. The maximum Gasteiger partial charge on any atom is 0.269 e. The first-order chi connectivity index (χ1) is 12.3. The molecule has 0 aliphatic heterocycles. The Kier molecular flexibility index (Phi) is 6.29. The lowest BCUT2D eigenvalue weighted by Gasteiger charge is -2.09. The fourth-order valence-corrected chi connectivity index (χ4v) is 3.41. The standard InChI is InChI=1S/C17H19N3O5S/c1-2-9-26(24,25)19-15-7-4-6-14(11-15)17(21)18-12-13-5-3-8-16(10-13)20(22)23/h3-8,10-11,19H,2,9,12H2,1H3,(H,18,21). The van der Waals surface area contributed by atoms with Crippen molar-refractivity contribution in [1.82, 2.24) is 5.32 Å². The molecule has 8 nitrogen and oxygen atoms in total. The van der Waals surface area contributed by atoms with Gasteiger partial charge in [-0.3, -0.25) is 19.6 Å². The summed E-state index contributed by atoms with van der Waals surface area (Å²) >= 11 is 0.